The summed E-state index contributed by atoms with van der Waals surface area (Å²) < 4.78 is 1.94. The molecule has 0 N–H and O–H groups in total. The molecule has 0 bridgehead atoms. The van der Waals surface area contributed by atoms with Crippen molar-refractivity contribution in [3.05, 3.63) is 37.1 Å². The first-order valence-corrected chi connectivity index (χ1v) is 8.32. The number of nitrogens with zero attached hydrogens (tertiary/aromatic N) is 7. The van der Waals surface area contributed by atoms with E-state index in [1.165, 1.54) is 0 Å². The first-order chi connectivity index (χ1) is 11.8. The topological polar surface area (TPSA) is 63.0 Å². The van der Waals surface area contributed by atoms with Crippen molar-refractivity contribution in [1.82, 2.24) is 24.5 Å². The zero-order chi connectivity index (χ0) is 16.1. The van der Waals surface area contributed by atoms with Crippen molar-refractivity contribution in [3.63, 3.8) is 0 Å². The Bertz CT molecular complexity index is 861. The first kappa shape index (κ1) is 13.7. The number of hydrogen-bond donors (Lipinski definition) is 0. The van der Waals surface area contributed by atoms with Gasteiger partial charge in [0.2, 0.25) is 0 Å². The van der Waals surface area contributed by atoms with E-state index in [1.807, 2.05) is 30.2 Å². The second-order valence-corrected chi connectivity index (χ2v) is 6.74. The number of aryl methyl sites for hydroxylation is 1. The highest BCUT2D eigenvalue weighted by Gasteiger charge is 2.41. The van der Waals surface area contributed by atoms with E-state index in [1.54, 1.807) is 6.33 Å². The molecule has 0 spiro atoms. The van der Waals surface area contributed by atoms with Gasteiger partial charge >= 0.3 is 0 Å². The lowest BCUT2D eigenvalue weighted by molar-refractivity contribution is 0.533. The molecule has 24 heavy (non-hydrogen) atoms. The summed E-state index contributed by atoms with van der Waals surface area (Å²) in [5, 5.41) is 0. The van der Waals surface area contributed by atoms with Crippen LogP contribution in [-0.4, -0.2) is 50.7 Å². The van der Waals surface area contributed by atoms with E-state index in [4.69, 9.17) is 0 Å². The molecule has 5 rings (SSSR count). The zero-order valence-corrected chi connectivity index (χ0v) is 13.6. The van der Waals surface area contributed by atoms with Crippen molar-refractivity contribution < 1.29 is 0 Å². The van der Waals surface area contributed by atoms with E-state index < -0.39 is 0 Å². The Hall–Kier alpha value is -2.70. The van der Waals surface area contributed by atoms with E-state index in [0.717, 1.165) is 49.0 Å². The molecule has 122 valence electrons. The Morgan fingerprint density at radius 2 is 1.71 bits per heavy atom. The van der Waals surface area contributed by atoms with Gasteiger partial charge in [0, 0.05) is 51.3 Å². The highest BCUT2D eigenvalue weighted by Crippen LogP contribution is 2.36. The molecule has 0 radical (unpaired) electrons. The Morgan fingerprint density at radius 3 is 2.46 bits per heavy atom. The lowest BCUT2D eigenvalue weighted by Crippen LogP contribution is -2.29. The average Bonchev–Trinajstić information content (AvgIpc) is 3.29. The van der Waals surface area contributed by atoms with Gasteiger partial charge in [-0.2, -0.15) is 0 Å². The summed E-state index contributed by atoms with van der Waals surface area (Å²) in [7, 11) is 1.97. The molecular weight excluding hydrogens is 302 g/mol. The van der Waals surface area contributed by atoms with Crippen LogP contribution in [-0.2, 0) is 7.05 Å². The van der Waals surface area contributed by atoms with Gasteiger partial charge < -0.3 is 14.4 Å². The van der Waals surface area contributed by atoms with Crippen molar-refractivity contribution in [2.75, 3.05) is 36.0 Å². The number of rotatable bonds is 2. The number of aromatic nitrogens is 5. The monoisotopic (exact) mass is 321 g/mol. The van der Waals surface area contributed by atoms with Gasteiger partial charge in [0.15, 0.2) is 17.0 Å². The van der Waals surface area contributed by atoms with Crippen LogP contribution in [0.4, 0.5) is 11.6 Å². The Labute approximate surface area is 140 Å². The third kappa shape index (κ3) is 2.04. The predicted molar refractivity (Wildman–Crippen MR) is 91.9 cm³/mol. The molecule has 0 aliphatic carbocycles. The van der Waals surface area contributed by atoms with Crippen molar-refractivity contribution in [2.45, 2.75) is 0 Å². The standard InChI is InChI=1S/C17H19N7/c1-22-11-21-15-16(22)19-10-20-17(15)24-8-12-6-23(7-13(12)9-24)14-4-2-3-5-18-14/h2-5,10-13H,6-9H2,1H3. The van der Waals surface area contributed by atoms with Crippen LogP contribution in [0, 0.1) is 11.8 Å². The van der Waals surface area contributed by atoms with Crippen LogP contribution in [0.15, 0.2) is 37.1 Å². The van der Waals surface area contributed by atoms with E-state index in [-0.39, 0.29) is 0 Å². The van der Waals surface area contributed by atoms with E-state index in [2.05, 4.69) is 41.9 Å². The highest BCUT2D eigenvalue weighted by atomic mass is 15.3. The third-order valence-corrected chi connectivity index (χ3v) is 5.24. The summed E-state index contributed by atoms with van der Waals surface area (Å²) in [6, 6.07) is 6.12. The van der Waals surface area contributed by atoms with Gasteiger partial charge in [-0.25, -0.2) is 19.9 Å². The molecule has 7 heteroatoms. The van der Waals surface area contributed by atoms with Crippen molar-refractivity contribution in [3.8, 4) is 0 Å². The summed E-state index contributed by atoms with van der Waals surface area (Å²) in [6.07, 6.45) is 5.32. The van der Waals surface area contributed by atoms with Crippen LogP contribution in [0.2, 0.25) is 0 Å². The van der Waals surface area contributed by atoms with Crippen LogP contribution >= 0.6 is 0 Å². The predicted octanol–water partition coefficient (Wildman–Crippen LogP) is 1.33. The summed E-state index contributed by atoms with van der Waals surface area (Å²) in [6.45, 7) is 4.18. The normalized spacial score (nSPS) is 23.2. The van der Waals surface area contributed by atoms with Crippen molar-refractivity contribution in [1.29, 1.82) is 0 Å². The smallest absolute Gasteiger partial charge is 0.165 e. The number of fused-ring (bicyclic) bond motifs is 2. The van der Waals surface area contributed by atoms with Crippen molar-refractivity contribution in [2.24, 2.45) is 18.9 Å². The summed E-state index contributed by atoms with van der Waals surface area (Å²) in [4.78, 5) is 22.6. The Balaban J connectivity index is 1.38. The minimum atomic E-state index is 0.653. The van der Waals surface area contributed by atoms with Crippen LogP contribution in [0.5, 0.6) is 0 Å². The molecule has 7 nitrogen and oxygen atoms in total. The minimum absolute atomic E-state index is 0.653. The highest BCUT2D eigenvalue weighted by molar-refractivity contribution is 5.83. The molecule has 3 aromatic rings. The molecule has 2 saturated heterocycles. The largest absolute Gasteiger partial charge is 0.356 e. The molecule has 2 atom stereocenters. The number of imidazole rings is 1. The molecule has 5 heterocycles. The van der Waals surface area contributed by atoms with Crippen molar-refractivity contribution >= 4 is 22.8 Å². The molecule has 3 aromatic heterocycles. The lowest BCUT2D eigenvalue weighted by Gasteiger charge is -2.23. The fourth-order valence-corrected chi connectivity index (χ4v) is 4.06. The molecule has 2 fully saturated rings. The third-order valence-electron chi connectivity index (χ3n) is 5.24. The van der Waals surface area contributed by atoms with Gasteiger partial charge in [0.05, 0.1) is 6.33 Å². The van der Waals surface area contributed by atoms with E-state index in [9.17, 15) is 0 Å². The van der Waals surface area contributed by atoms with Gasteiger partial charge in [-0.05, 0) is 12.1 Å². The molecule has 2 unspecified atom stereocenters. The number of hydrogen-bond acceptors (Lipinski definition) is 6. The molecular formula is C17H19N7. The second-order valence-electron chi connectivity index (χ2n) is 6.74. The van der Waals surface area contributed by atoms with Crippen LogP contribution in [0.25, 0.3) is 11.2 Å². The number of anilines is 2. The fourth-order valence-electron chi connectivity index (χ4n) is 4.06. The van der Waals surface area contributed by atoms with E-state index >= 15 is 0 Å². The van der Waals surface area contributed by atoms with Gasteiger partial charge in [-0.3, -0.25) is 0 Å². The lowest BCUT2D eigenvalue weighted by atomic mass is 10.0. The zero-order valence-electron chi connectivity index (χ0n) is 13.6. The van der Waals surface area contributed by atoms with Crippen LogP contribution in [0.1, 0.15) is 0 Å². The molecule has 2 aliphatic heterocycles. The Morgan fingerprint density at radius 1 is 0.917 bits per heavy atom. The van der Waals surface area contributed by atoms with E-state index in [0.29, 0.717) is 11.8 Å². The summed E-state index contributed by atoms with van der Waals surface area (Å²) in [5.74, 6) is 3.37. The quantitative estimate of drug-likeness (QED) is 0.709. The molecule has 0 saturated carbocycles. The summed E-state index contributed by atoms with van der Waals surface area (Å²) in [5.41, 5.74) is 1.80. The first-order valence-electron chi connectivity index (χ1n) is 8.32. The number of pyridine rings is 1. The maximum atomic E-state index is 4.52. The minimum Gasteiger partial charge on any atom is -0.356 e. The average molecular weight is 321 g/mol. The fraction of sp³-hybridized carbons (Fsp3) is 0.412. The molecule has 0 aromatic carbocycles. The maximum Gasteiger partial charge on any atom is 0.165 e. The van der Waals surface area contributed by atoms with Gasteiger partial charge in [0.1, 0.15) is 12.1 Å². The molecule has 2 aliphatic rings. The second kappa shape index (κ2) is 5.15. The SMILES string of the molecule is Cn1cnc2c(N3CC4CN(c5ccccn5)CC4C3)ncnc21. The molecule has 0 amide bonds. The Kier molecular flexibility index (Phi) is 2.95. The van der Waals surface area contributed by atoms with Crippen LogP contribution in [0.3, 0.4) is 0 Å². The maximum absolute atomic E-state index is 4.52. The summed E-state index contributed by atoms with van der Waals surface area (Å²) >= 11 is 0. The van der Waals surface area contributed by atoms with Gasteiger partial charge in [0.25, 0.3) is 0 Å². The van der Waals surface area contributed by atoms with Crippen LogP contribution < -0.4 is 9.80 Å². The van der Waals surface area contributed by atoms with Gasteiger partial charge in [-0.15, -0.1) is 0 Å². The van der Waals surface area contributed by atoms with Gasteiger partial charge in [-0.1, -0.05) is 6.07 Å².